The molecule has 0 aliphatic carbocycles. The van der Waals surface area contributed by atoms with Crippen LogP contribution in [0.1, 0.15) is 16.1 Å². The van der Waals surface area contributed by atoms with Gasteiger partial charge in [-0.3, -0.25) is 4.90 Å². The summed E-state index contributed by atoms with van der Waals surface area (Å²) < 4.78 is 15.0. The summed E-state index contributed by atoms with van der Waals surface area (Å²) >= 11 is 0. The summed E-state index contributed by atoms with van der Waals surface area (Å²) in [5, 5.41) is 0. The third-order valence-electron chi connectivity index (χ3n) is 2.55. The van der Waals surface area contributed by atoms with Crippen molar-refractivity contribution in [2.45, 2.75) is 6.54 Å². The smallest absolute Gasteiger partial charge is 0.373 e. The largest absolute Gasteiger partial charge is 0.463 e. The van der Waals surface area contributed by atoms with Crippen molar-refractivity contribution in [3.63, 3.8) is 0 Å². The van der Waals surface area contributed by atoms with Crippen LogP contribution in [-0.4, -0.2) is 44.3 Å². The molecule has 1 aromatic rings. The van der Waals surface area contributed by atoms with Gasteiger partial charge in [-0.15, -0.1) is 0 Å². The fraction of sp³-hybridized carbons (Fsp3) is 0.545. The molecule has 0 N–H and O–H groups in total. The Balaban J connectivity index is 1.94. The highest BCUT2D eigenvalue weighted by Crippen LogP contribution is 2.12. The highest BCUT2D eigenvalue weighted by Gasteiger charge is 2.15. The maximum absolute atomic E-state index is 11.2. The third kappa shape index (κ3) is 2.62. The Labute approximate surface area is 93.9 Å². The molecular weight excluding hydrogens is 210 g/mol. The number of hydrogen-bond acceptors (Lipinski definition) is 5. The molecule has 88 valence electrons. The molecule has 0 atom stereocenters. The second-order valence-electron chi connectivity index (χ2n) is 3.70. The number of hydrogen-bond donors (Lipinski definition) is 0. The third-order valence-corrected chi connectivity index (χ3v) is 2.55. The molecular formula is C11H15NO4. The predicted molar refractivity (Wildman–Crippen MR) is 56.1 cm³/mol. The topological polar surface area (TPSA) is 51.9 Å². The molecule has 0 aromatic carbocycles. The average molecular weight is 225 g/mol. The Bertz CT molecular complexity index is 355. The van der Waals surface area contributed by atoms with Crippen LogP contribution in [0.2, 0.25) is 0 Å². The van der Waals surface area contributed by atoms with Crippen molar-refractivity contribution in [1.29, 1.82) is 0 Å². The van der Waals surface area contributed by atoms with Crippen molar-refractivity contribution >= 4 is 5.97 Å². The van der Waals surface area contributed by atoms with Crippen molar-refractivity contribution in [1.82, 2.24) is 4.90 Å². The van der Waals surface area contributed by atoms with Gasteiger partial charge in [0.05, 0.1) is 26.6 Å². The quantitative estimate of drug-likeness (QED) is 0.715. The fourth-order valence-corrected chi connectivity index (χ4v) is 1.68. The number of morpholine rings is 1. The summed E-state index contributed by atoms with van der Waals surface area (Å²) in [4.78, 5) is 13.4. The molecule has 5 heteroatoms. The SMILES string of the molecule is COC(=O)c1cc(CN2CCOCC2)co1. The van der Waals surface area contributed by atoms with Gasteiger partial charge in [-0.1, -0.05) is 0 Å². The molecule has 1 aliphatic rings. The van der Waals surface area contributed by atoms with Crippen LogP contribution in [0.5, 0.6) is 0 Å². The molecule has 0 amide bonds. The zero-order chi connectivity index (χ0) is 11.4. The molecule has 0 saturated carbocycles. The van der Waals surface area contributed by atoms with E-state index in [1.165, 1.54) is 7.11 Å². The van der Waals surface area contributed by atoms with E-state index in [9.17, 15) is 4.79 Å². The second kappa shape index (κ2) is 5.14. The van der Waals surface area contributed by atoms with Gasteiger partial charge in [-0.25, -0.2) is 4.79 Å². The van der Waals surface area contributed by atoms with Crippen LogP contribution in [0.4, 0.5) is 0 Å². The fourth-order valence-electron chi connectivity index (χ4n) is 1.68. The van der Waals surface area contributed by atoms with Gasteiger partial charge in [0.1, 0.15) is 0 Å². The summed E-state index contributed by atoms with van der Waals surface area (Å²) in [6.45, 7) is 4.14. The number of carbonyl (C=O) groups is 1. The maximum atomic E-state index is 11.2. The standard InChI is InChI=1S/C11H15NO4/c1-14-11(13)10-6-9(8-16-10)7-12-2-4-15-5-3-12/h6,8H,2-5,7H2,1H3. The van der Waals surface area contributed by atoms with Gasteiger partial charge in [-0.05, 0) is 6.07 Å². The lowest BCUT2D eigenvalue weighted by Crippen LogP contribution is -2.35. The van der Waals surface area contributed by atoms with Crippen LogP contribution < -0.4 is 0 Å². The number of nitrogens with zero attached hydrogens (tertiary/aromatic N) is 1. The molecule has 2 rings (SSSR count). The molecule has 0 unspecified atom stereocenters. The maximum Gasteiger partial charge on any atom is 0.373 e. The van der Waals surface area contributed by atoms with Gasteiger partial charge < -0.3 is 13.9 Å². The molecule has 1 saturated heterocycles. The number of carbonyl (C=O) groups excluding carboxylic acids is 1. The summed E-state index contributed by atoms with van der Waals surface area (Å²) in [7, 11) is 1.34. The van der Waals surface area contributed by atoms with Gasteiger partial charge in [0.15, 0.2) is 0 Å². The molecule has 0 radical (unpaired) electrons. The Morgan fingerprint density at radius 3 is 2.94 bits per heavy atom. The first-order chi connectivity index (χ1) is 7.79. The van der Waals surface area contributed by atoms with E-state index in [4.69, 9.17) is 9.15 Å². The average Bonchev–Trinajstić information content (AvgIpc) is 2.78. The Kier molecular flexibility index (Phi) is 3.58. The minimum Gasteiger partial charge on any atom is -0.463 e. The van der Waals surface area contributed by atoms with Gasteiger partial charge in [-0.2, -0.15) is 0 Å². The van der Waals surface area contributed by atoms with E-state index in [-0.39, 0.29) is 5.76 Å². The lowest BCUT2D eigenvalue weighted by molar-refractivity contribution is 0.0341. The summed E-state index contributed by atoms with van der Waals surface area (Å²) in [5.74, 6) is -0.181. The van der Waals surface area contributed by atoms with E-state index in [1.807, 2.05) is 0 Å². The van der Waals surface area contributed by atoms with Crippen molar-refractivity contribution in [2.75, 3.05) is 33.4 Å². The van der Waals surface area contributed by atoms with Crippen LogP contribution in [0.3, 0.4) is 0 Å². The van der Waals surface area contributed by atoms with Crippen molar-refractivity contribution in [2.24, 2.45) is 0 Å². The minimum atomic E-state index is -0.437. The zero-order valence-corrected chi connectivity index (χ0v) is 9.27. The second-order valence-corrected chi connectivity index (χ2v) is 3.70. The normalized spacial score (nSPS) is 17.3. The zero-order valence-electron chi connectivity index (χ0n) is 9.27. The van der Waals surface area contributed by atoms with E-state index >= 15 is 0 Å². The molecule has 16 heavy (non-hydrogen) atoms. The Morgan fingerprint density at radius 2 is 2.25 bits per heavy atom. The molecule has 0 spiro atoms. The summed E-state index contributed by atoms with van der Waals surface area (Å²) in [5.41, 5.74) is 0.988. The number of furan rings is 1. The van der Waals surface area contributed by atoms with Gasteiger partial charge in [0.2, 0.25) is 5.76 Å². The molecule has 1 aromatic heterocycles. The van der Waals surface area contributed by atoms with E-state index in [2.05, 4.69) is 9.64 Å². The Hall–Kier alpha value is -1.33. The lowest BCUT2D eigenvalue weighted by atomic mass is 10.2. The van der Waals surface area contributed by atoms with Crippen LogP contribution in [0.15, 0.2) is 16.7 Å². The molecule has 5 nitrogen and oxygen atoms in total. The number of rotatable bonds is 3. The van der Waals surface area contributed by atoms with Gasteiger partial charge >= 0.3 is 5.97 Å². The van der Waals surface area contributed by atoms with Crippen LogP contribution >= 0.6 is 0 Å². The summed E-state index contributed by atoms with van der Waals surface area (Å²) in [6, 6.07) is 1.72. The molecule has 1 aliphatic heterocycles. The predicted octanol–water partition coefficient (Wildman–Crippen LogP) is 0.898. The molecule has 2 heterocycles. The van der Waals surface area contributed by atoms with Crippen LogP contribution in [0.25, 0.3) is 0 Å². The number of esters is 1. The van der Waals surface area contributed by atoms with Crippen LogP contribution in [-0.2, 0) is 16.0 Å². The highest BCUT2D eigenvalue weighted by atomic mass is 16.5. The van der Waals surface area contributed by atoms with Gasteiger partial charge in [0.25, 0.3) is 0 Å². The highest BCUT2D eigenvalue weighted by molar-refractivity contribution is 5.86. The van der Waals surface area contributed by atoms with Crippen LogP contribution in [0, 0.1) is 0 Å². The van der Waals surface area contributed by atoms with Gasteiger partial charge in [0, 0.05) is 25.2 Å². The molecule has 0 bridgehead atoms. The van der Waals surface area contributed by atoms with E-state index in [1.54, 1.807) is 12.3 Å². The minimum absolute atomic E-state index is 0.255. The summed E-state index contributed by atoms with van der Waals surface area (Å²) in [6.07, 6.45) is 1.60. The van der Waals surface area contributed by atoms with E-state index < -0.39 is 5.97 Å². The first-order valence-electron chi connectivity index (χ1n) is 5.25. The molecule has 1 fully saturated rings. The van der Waals surface area contributed by atoms with E-state index in [0.717, 1.165) is 38.4 Å². The Morgan fingerprint density at radius 1 is 1.50 bits per heavy atom. The monoisotopic (exact) mass is 225 g/mol. The lowest BCUT2D eigenvalue weighted by Gasteiger charge is -2.25. The van der Waals surface area contributed by atoms with Crippen molar-refractivity contribution in [3.8, 4) is 0 Å². The first kappa shape index (κ1) is 11.2. The van der Waals surface area contributed by atoms with Crippen molar-refractivity contribution < 1.29 is 18.7 Å². The van der Waals surface area contributed by atoms with Crippen molar-refractivity contribution in [3.05, 3.63) is 23.7 Å². The number of methoxy groups -OCH3 is 1. The van der Waals surface area contributed by atoms with E-state index in [0.29, 0.717) is 0 Å². The first-order valence-corrected chi connectivity index (χ1v) is 5.25. The number of ether oxygens (including phenoxy) is 2.